The van der Waals surface area contributed by atoms with E-state index in [0.717, 1.165) is 22.5 Å². The van der Waals surface area contributed by atoms with Crippen LogP contribution in [0, 0.1) is 0 Å². The van der Waals surface area contributed by atoms with Crippen molar-refractivity contribution in [3.8, 4) is 16.9 Å². The third-order valence-electron chi connectivity index (χ3n) is 3.87. The summed E-state index contributed by atoms with van der Waals surface area (Å²) in [6, 6.07) is 18.7. The second kappa shape index (κ2) is 9.52. The molecule has 0 atom stereocenters. The fourth-order valence-corrected chi connectivity index (χ4v) is 3.28. The highest BCUT2D eigenvalue weighted by atomic mass is 32.1. The first-order chi connectivity index (χ1) is 14.0. The standard InChI is InChI=1S/C21H18N2O5S/c22-20(26)17-10-11-29-21(17)23-18(24)12-28-19(25)13-27-16-8-6-15(7-9-16)14-4-2-1-3-5-14/h1-11H,12-13H2,(H2,22,26)(H,23,24). The molecule has 8 heteroatoms. The lowest BCUT2D eigenvalue weighted by molar-refractivity contribution is -0.149. The first kappa shape index (κ1) is 20.1. The highest BCUT2D eigenvalue weighted by Gasteiger charge is 2.14. The fourth-order valence-electron chi connectivity index (χ4n) is 2.47. The van der Waals surface area contributed by atoms with E-state index in [1.807, 2.05) is 42.5 Å². The van der Waals surface area contributed by atoms with E-state index >= 15 is 0 Å². The molecule has 3 aromatic rings. The van der Waals surface area contributed by atoms with Crippen molar-refractivity contribution in [1.82, 2.24) is 0 Å². The van der Waals surface area contributed by atoms with Gasteiger partial charge >= 0.3 is 5.97 Å². The fraction of sp³-hybridized carbons (Fsp3) is 0.0952. The van der Waals surface area contributed by atoms with Crippen LogP contribution in [0.25, 0.3) is 11.1 Å². The van der Waals surface area contributed by atoms with Crippen LogP contribution in [0.4, 0.5) is 5.00 Å². The second-order valence-corrected chi connectivity index (χ2v) is 6.83. The van der Waals surface area contributed by atoms with Crippen LogP contribution < -0.4 is 15.8 Å². The molecule has 0 fully saturated rings. The Morgan fingerprint density at radius 2 is 1.59 bits per heavy atom. The van der Waals surface area contributed by atoms with Gasteiger partial charge in [-0.15, -0.1) is 11.3 Å². The summed E-state index contributed by atoms with van der Waals surface area (Å²) in [5.74, 6) is -1.40. The maximum Gasteiger partial charge on any atom is 0.344 e. The molecule has 2 aromatic carbocycles. The van der Waals surface area contributed by atoms with Gasteiger partial charge in [0.15, 0.2) is 13.2 Å². The van der Waals surface area contributed by atoms with Gasteiger partial charge in [0.25, 0.3) is 11.8 Å². The molecule has 29 heavy (non-hydrogen) atoms. The van der Waals surface area contributed by atoms with Gasteiger partial charge in [0, 0.05) is 0 Å². The van der Waals surface area contributed by atoms with Gasteiger partial charge in [-0.2, -0.15) is 0 Å². The number of carbonyl (C=O) groups is 3. The van der Waals surface area contributed by atoms with Gasteiger partial charge in [0.1, 0.15) is 10.8 Å². The third kappa shape index (κ3) is 5.66. The lowest BCUT2D eigenvalue weighted by Crippen LogP contribution is -2.24. The summed E-state index contributed by atoms with van der Waals surface area (Å²) in [7, 11) is 0. The van der Waals surface area contributed by atoms with Gasteiger partial charge < -0.3 is 20.5 Å². The molecular formula is C21H18N2O5S. The molecule has 0 saturated carbocycles. The molecule has 0 saturated heterocycles. The van der Waals surface area contributed by atoms with E-state index in [1.165, 1.54) is 6.07 Å². The van der Waals surface area contributed by atoms with Crippen LogP contribution in [-0.4, -0.2) is 31.0 Å². The van der Waals surface area contributed by atoms with Crippen LogP contribution in [-0.2, 0) is 14.3 Å². The largest absolute Gasteiger partial charge is 0.482 e. The number of primary amides is 1. The average molecular weight is 410 g/mol. The number of esters is 1. The van der Waals surface area contributed by atoms with Crippen LogP contribution >= 0.6 is 11.3 Å². The van der Waals surface area contributed by atoms with Crippen molar-refractivity contribution >= 4 is 34.1 Å². The lowest BCUT2D eigenvalue weighted by atomic mass is 10.1. The molecule has 0 aliphatic heterocycles. The molecule has 0 unspecified atom stereocenters. The number of hydrogen-bond donors (Lipinski definition) is 2. The van der Waals surface area contributed by atoms with Gasteiger partial charge in [-0.3, -0.25) is 9.59 Å². The number of ether oxygens (including phenoxy) is 2. The molecule has 0 aliphatic rings. The summed E-state index contributed by atoms with van der Waals surface area (Å²) in [6.45, 7) is -0.825. The van der Waals surface area contributed by atoms with Crippen molar-refractivity contribution in [3.63, 3.8) is 0 Å². The zero-order valence-corrected chi connectivity index (χ0v) is 16.1. The third-order valence-corrected chi connectivity index (χ3v) is 4.70. The van der Waals surface area contributed by atoms with E-state index in [0.29, 0.717) is 10.8 Å². The molecular weight excluding hydrogens is 392 g/mol. The molecule has 0 radical (unpaired) electrons. The summed E-state index contributed by atoms with van der Waals surface area (Å²) in [4.78, 5) is 34.9. The number of carbonyl (C=O) groups excluding carboxylic acids is 3. The van der Waals surface area contributed by atoms with Crippen molar-refractivity contribution < 1.29 is 23.9 Å². The summed E-state index contributed by atoms with van der Waals surface area (Å²) in [5.41, 5.74) is 7.52. The van der Waals surface area contributed by atoms with Crippen molar-refractivity contribution in [1.29, 1.82) is 0 Å². The van der Waals surface area contributed by atoms with Crippen molar-refractivity contribution in [2.45, 2.75) is 0 Å². The molecule has 7 nitrogen and oxygen atoms in total. The number of anilines is 1. The number of nitrogens with two attached hydrogens (primary N) is 1. The van der Waals surface area contributed by atoms with E-state index < -0.39 is 24.4 Å². The Labute approximate surface area is 171 Å². The SMILES string of the molecule is NC(=O)c1ccsc1NC(=O)COC(=O)COc1ccc(-c2ccccc2)cc1. The molecule has 2 amide bonds. The molecule has 1 aromatic heterocycles. The Morgan fingerprint density at radius 1 is 0.897 bits per heavy atom. The number of benzene rings is 2. The van der Waals surface area contributed by atoms with E-state index in [9.17, 15) is 14.4 Å². The van der Waals surface area contributed by atoms with Crippen molar-refractivity contribution in [3.05, 3.63) is 71.6 Å². The highest BCUT2D eigenvalue weighted by Crippen LogP contribution is 2.23. The molecule has 0 spiro atoms. The Balaban J connectivity index is 1.43. The Hall–Kier alpha value is -3.65. The zero-order chi connectivity index (χ0) is 20.6. The summed E-state index contributed by atoms with van der Waals surface area (Å²) in [6.07, 6.45) is 0. The van der Waals surface area contributed by atoms with Gasteiger partial charge in [-0.1, -0.05) is 42.5 Å². The number of amides is 2. The number of nitrogens with one attached hydrogen (secondary N) is 1. The maximum atomic E-state index is 11.9. The van der Waals surface area contributed by atoms with Gasteiger partial charge in [-0.05, 0) is 34.7 Å². The first-order valence-electron chi connectivity index (χ1n) is 8.64. The Kier molecular flexibility index (Phi) is 6.59. The number of thiophene rings is 1. The van der Waals surface area contributed by atoms with E-state index in [1.54, 1.807) is 17.5 Å². The Morgan fingerprint density at radius 3 is 2.28 bits per heavy atom. The molecule has 3 rings (SSSR count). The van der Waals surface area contributed by atoms with Crippen LogP contribution in [0.2, 0.25) is 0 Å². The van der Waals surface area contributed by atoms with Crippen LogP contribution in [0.3, 0.4) is 0 Å². The van der Waals surface area contributed by atoms with Gasteiger partial charge in [0.05, 0.1) is 5.56 Å². The lowest BCUT2D eigenvalue weighted by Gasteiger charge is -2.08. The number of hydrogen-bond acceptors (Lipinski definition) is 6. The predicted octanol–water partition coefficient (Wildman–Crippen LogP) is 3.07. The van der Waals surface area contributed by atoms with Gasteiger partial charge in [0.2, 0.25) is 0 Å². The predicted molar refractivity (Wildman–Crippen MR) is 110 cm³/mol. The minimum atomic E-state index is -0.686. The Bertz CT molecular complexity index is 999. The normalized spacial score (nSPS) is 10.2. The minimum absolute atomic E-state index is 0.206. The van der Waals surface area contributed by atoms with E-state index in [4.69, 9.17) is 15.2 Å². The van der Waals surface area contributed by atoms with Crippen LogP contribution in [0.1, 0.15) is 10.4 Å². The number of rotatable bonds is 8. The molecule has 0 bridgehead atoms. The van der Waals surface area contributed by atoms with Crippen molar-refractivity contribution in [2.24, 2.45) is 5.73 Å². The monoisotopic (exact) mass is 410 g/mol. The maximum absolute atomic E-state index is 11.9. The topological polar surface area (TPSA) is 108 Å². The second-order valence-electron chi connectivity index (χ2n) is 5.92. The summed E-state index contributed by atoms with van der Waals surface area (Å²) < 4.78 is 10.3. The van der Waals surface area contributed by atoms with Gasteiger partial charge in [-0.25, -0.2) is 4.79 Å². The molecule has 0 aliphatic carbocycles. The molecule has 148 valence electrons. The zero-order valence-electron chi connectivity index (χ0n) is 15.3. The minimum Gasteiger partial charge on any atom is -0.482 e. The van der Waals surface area contributed by atoms with E-state index in [2.05, 4.69) is 5.32 Å². The molecule has 3 N–H and O–H groups in total. The van der Waals surface area contributed by atoms with Crippen molar-refractivity contribution in [2.75, 3.05) is 18.5 Å². The summed E-state index contributed by atoms with van der Waals surface area (Å²) >= 11 is 1.15. The average Bonchev–Trinajstić information content (AvgIpc) is 3.20. The van der Waals surface area contributed by atoms with E-state index in [-0.39, 0.29) is 12.2 Å². The smallest absolute Gasteiger partial charge is 0.344 e. The first-order valence-corrected chi connectivity index (χ1v) is 9.52. The van der Waals surface area contributed by atoms with Crippen LogP contribution in [0.5, 0.6) is 5.75 Å². The summed E-state index contributed by atoms with van der Waals surface area (Å²) in [5, 5.41) is 4.42. The quantitative estimate of drug-likeness (QED) is 0.555. The molecule has 1 heterocycles. The highest BCUT2D eigenvalue weighted by molar-refractivity contribution is 7.14. The van der Waals surface area contributed by atoms with Crippen LogP contribution in [0.15, 0.2) is 66.0 Å².